The molecular weight excluding hydrogens is 339 g/mol. The van der Waals surface area contributed by atoms with E-state index < -0.39 is 23.7 Å². The summed E-state index contributed by atoms with van der Waals surface area (Å²) in [6.07, 6.45) is -0.446. The largest absolute Gasteiger partial charge is 0.497 e. The summed E-state index contributed by atoms with van der Waals surface area (Å²) < 4.78 is 24.0. The number of benzene rings is 2. The van der Waals surface area contributed by atoms with E-state index in [-0.39, 0.29) is 12.2 Å². The number of ether oxygens (including phenoxy) is 2. The van der Waals surface area contributed by atoms with Gasteiger partial charge in [-0.05, 0) is 42.3 Å². The first-order chi connectivity index (χ1) is 12.4. The molecule has 0 aliphatic heterocycles. The van der Waals surface area contributed by atoms with E-state index >= 15 is 0 Å². The molecule has 2 aromatic rings. The van der Waals surface area contributed by atoms with E-state index in [9.17, 15) is 14.0 Å². The van der Waals surface area contributed by atoms with Crippen LogP contribution < -0.4 is 15.4 Å². The van der Waals surface area contributed by atoms with Gasteiger partial charge in [0.15, 0.2) is 0 Å². The SMILES string of the molecule is COc1cccc(C(CNC(=O)C(=O)Nc2ccc(C)c(F)c2)OC)c1. The van der Waals surface area contributed by atoms with Gasteiger partial charge in [0, 0.05) is 19.3 Å². The molecule has 1 unspecified atom stereocenters. The molecule has 6 nitrogen and oxygen atoms in total. The fourth-order valence-electron chi connectivity index (χ4n) is 2.30. The Balaban J connectivity index is 1.94. The van der Waals surface area contributed by atoms with Crippen LogP contribution in [-0.4, -0.2) is 32.6 Å². The average molecular weight is 360 g/mol. The summed E-state index contributed by atoms with van der Waals surface area (Å²) in [7, 11) is 3.06. The molecule has 0 aromatic heterocycles. The minimum Gasteiger partial charge on any atom is -0.497 e. The zero-order valence-electron chi connectivity index (χ0n) is 14.8. The summed E-state index contributed by atoms with van der Waals surface area (Å²) in [6.45, 7) is 1.70. The highest BCUT2D eigenvalue weighted by molar-refractivity contribution is 6.39. The highest BCUT2D eigenvalue weighted by Crippen LogP contribution is 2.21. The minimum absolute atomic E-state index is 0.0954. The van der Waals surface area contributed by atoms with Crippen molar-refractivity contribution in [1.29, 1.82) is 0 Å². The zero-order valence-corrected chi connectivity index (χ0v) is 14.8. The van der Waals surface area contributed by atoms with Crippen molar-refractivity contribution in [3.8, 4) is 5.75 Å². The molecule has 26 heavy (non-hydrogen) atoms. The Labute approximate surface area is 151 Å². The van der Waals surface area contributed by atoms with Crippen LogP contribution in [0.2, 0.25) is 0 Å². The van der Waals surface area contributed by atoms with Crippen molar-refractivity contribution in [2.24, 2.45) is 0 Å². The van der Waals surface area contributed by atoms with Gasteiger partial charge in [-0.3, -0.25) is 9.59 Å². The Morgan fingerprint density at radius 1 is 1.12 bits per heavy atom. The lowest BCUT2D eigenvalue weighted by Gasteiger charge is -2.17. The van der Waals surface area contributed by atoms with E-state index in [1.807, 2.05) is 6.07 Å². The van der Waals surface area contributed by atoms with Gasteiger partial charge in [-0.1, -0.05) is 18.2 Å². The summed E-state index contributed by atoms with van der Waals surface area (Å²) in [5.74, 6) is -1.51. The molecule has 2 N–H and O–H groups in total. The topological polar surface area (TPSA) is 76.7 Å². The monoisotopic (exact) mass is 360 g/mol. The maximum absolute atomic E-state index is 13.5. The molecule has 2 rings (SSSR count). The lowest BCUT2D eigenvalue weighted by molar-refractivity contribution is -0.136. The van der Waals surface area contributed by atoms with Crippen molar-refractivity contribution in [3.63, 3.8) is 0 Å². The number of methoxy groups -OCH3 is 2. The second-order valence-corrected chi connectivity index (χ2v) is 5.63. The van der Waals surface area contributed by atoms with Crippen LogP contribution >= 0.6 is 0 Å². The molecule has 0 bridgehead atoms. The molecule has 0 spiro atoms. The molecule has 0 aliphatic carbocycles. The highest BCUT2D eigenvalue weighted by atomic mass is 19.1. The normalized spacial score (nSPS) is 11.5. The number of carbonyl (C=O) groups is 2. The molecule has 0 radical (unpaired) electrons. The molecule has 1 atom stereocenters. The zero-order chi connectivity index (χ0) is 19.1. The van der Waals surface area contributed by atoms with Crippen LogP contribution in [-0.2, 0) is 14.3 Å². The quantitative estimate of drug-likeness (QED) is 0.777. The van der Waals surface area contributed by atoms with Crippen LogP contribution in [0.3, 0.4) is 0 Å². The maximum Gasteiger partial charge on any atom is 0.313 e. The average Bonchev–Trinajstić information content (AvgIpc) is 2.65. The predicted octanol–water partition coefficient (Wildman–Crippen LogP) is 2.59. The third-order valence-corrected chi connectivity index (χ3v) is 3.83. The summed E-state index contributed by atoms with van der Waals surface area (Å²) in [4.78, 5) is 23.9. The van der Waals surface area contributed by atoms with Gasteiger partial charge in [0.2, 0.25) is 0 Å². The van der Waals surface area contributed by atoms with E-state index in [0.717, 1.165) is 11.6 Å². The predicted molar refractivity (Wildman–Crippen MR) is 95.5 cm³/mol. The van der Waals surface area contributed by atoms with Gasteiger partial charge < -0.3 is 20.1 Å². The van der Waals surface area contributed by atoms with Crippen LogP contribution in [0.5, 0.6) is 5.75 Å². The van der Waals surface area contributed by atoms with Crippen molar-refractivity contribution in [1.82, 2.24) is 5.32 Å². The first-order valence-electron chi connectivity index (χ1n) is 7.96. The highest BCUT2D eigenvalue weighted by Gasteiger charge is 2.18. The van der Waals surface area contributed by atoms with Gasteiger partial charge in [-0.15, -0.1) is 0 Å². The molecule has 0 aliphatic rings. The number of amides is 2. The minimum atomic E-state index is -0.881. The number of rotatable bonds is 6. The van der Waals surface area contributed by atoms with Gasteiger partial charge >= 0.3 is 11.8 Å². The van der Waals surface area contributed by atoms with E-state index in [0.29, 0.717) is 11.3 Å². The van der Waals surface area contributed by atoms with Crippen LogP contribution in [0, 0.1) is 12.7 Å². The van der Waals surface area contributed by atoms with Crippen LogP contribution in [0.1, 0.15) is 17.2 Å². The number of carbonyl (C=O) groups excluding carboxylic acids is 2. The summed E-state index contributed by atoms with van der Waals surface area (Å²) in [5.41, 5.74) is 1.46. The Bertz CT molecular complexity index is 795. The number of anilines is 1. The molecule has 0 saturated carbocycles. The molecule has 0 heterocycles. The van der Waals surface area contributed by atoms with E-state index in [1.54, 1.807) is 32.2 Å². The summed E-state index contributed by atoms with van der Waals surface area (Å²) in [5, 5.41) is 4.86. The lowest BCUT2D eigenvalue weighted by atomic mass is 10.1. The molecule has 2 amide bonds. The van der Waals surface area contributed by atoms with Gasteiger partial charge in [-0.2, -0.15) is 0 Å². The van der Waals surface area contributed by atoms with Crippen LogP contribution in [0.4, 0.5) is 10.1 Å². The van der Waals surface area contributed by atoms with Crippen molar-refractivity contribution in [2.45, 2.75) is 13.0 Å². The van der Waals surface area contributed by atoms with Gasteiger partial charge in [0.1, 0.15) is 11.6 Å². The number of hydrogen-bond donors (Lipinski definition) is 2. The van der Waals surface area contributed by atoms with E-state index in [2.05, 4.69) is 10.6 Å². The molecular formula is C19H21FN2O4. The first kappa shape index (κ1) is 19.4. The first-order valence-corrected chi connectivity index (χ1v) is 7.96. The second-order valence-electron chi connectivity index (χ2n) is 5.63. The third-order valence-electron chi connectivity index (χ3n) is 3.83. The number of hydrogen-bond acceptors (Lipinski definition) is 4. The molecule has 2 aromatic carbocycles. The second kappa shape index (κ2) is 8.96. The lowest BCUT2D eigenvalue weighted by Crippen LogP contribution is -2.38. The van der Waals surface area contributed by atoms with Crippen LogP contribution in [0.25, 0.3) is 0 Å². The molecule has 7 heteroatoms. The van der Waals surface area contributed by atoms with E-state index in [1.165, 1.54) is 19.2 Å². The maximum atomic E-state index is 13.5. The fourth-order valence-corrected chi connectivity index (χ4v) is 2.30. The van der Waals surface area contributed by atoms with Crippen molar-refractivity contribution in [3.05, 3.63) is 59.4 Å². The Morgan fingerprint density at radius 2 is 1.88 bits per heavy atom. The van der Waals surface area contributed by atoms with Gasteiger partial charge in [0.05, 0.1) is 13.2 Å². The summed E-state index contributed by atoms with van der Waals surface area (Å²) >= 11 is 0. The Hall–Kier alpha value is -2.93. The van der Waals surface area contributed by atoms with Crippen molar-refractivity contribution >= 4 is 17.5 Å². The fraction of sp³-hybridized carbons (Fsp3) is 0.263. The van der Waals surface area contributed by atoms with Gasteiger partial charge in [0.25, 0.3) is 0 Å². The molecule has 0 fully saturated rings. The third kappa shape index (κ3) is 5.03. The smallest absolute Gasteiger partial charge is 0.313 e. The van der Waals surface area contributed by atoms with Crippen LogP contribution in [0.15, 0.2) is 42.5 Å². The molecule has 138 valence electrons. The number of halogens is 1. The Morgan fingerprint density at radius 3 is 2.54 bits per heavy atom. The molecule has 0 saturated heterocycles. The van der Waals surface area contributed by atoms with Crippen molar-refractivity contribution < 1.29 is 23.5 Å². The standard InChI is InChI=1S/C19H21FN2O4/c1-12-7-8-14(10-16(12)20)22-19(24)18(23)21-11-17(26-3)13-5-4-6-15(9-13)25-2/h4-10,17H,11H2,1-3H3,(H,21,23)(H,22,24). The number of aryl methyl sites for hydroxylation is 1. The Kier molecular flexibility index (Phi) is 6.68. The van der Waals surface area contributed by atoms with Crippen molar-refractivity contribution in [2.75, 3.05) is 26.1 Å². The van der Waals surface area contributed by atoms with Gasteiger partial charge in [-0.25, -0.2) is 4.39 Å². The summed E-state index contributed by atoms with van der Waals surface area (Å²) in [6, 6.07) is 11.4. The van der Waals surface area contributed by atoms with E-state index in [4.69, 9.17) is 9.47 Å². The number of nitrogens with one attached hydrogen (secondary N) is 2.